The van der Waals surface area contributed by atoms with Gasteiger partial charge in [0.1, 0.15) is 17.2 Å². The number of quaternary nitrogens is 1. The molecule has 0 radical (unpaired) electrons. The lowest BCUT2D eigenvalue weighted by Crippen LogP contribution is -3.11. The topological polar surface area (TPSA) is 89.3 Å². The molecule has 7 nitrogen and oxygen atoms in total. The lowest BCUT2D eigenvalue weighted by Gasteiger charge is -2.24. The predicted octanol–water partition coefficient (Wildman–Crippen LogP) is 4.19. The maximum absolute atomic E-state index is 13.3. The van der Waals surface area contributed by atoms with E-state index in [-0.39, 0.29) is 10.7 Å². The fourth-order valence-corrected chi connectivity index (χ4v) is 6.46. The van der Waals surface area contributed by atoms with Gasteiger partial charge in [0.25, 0.3) is 10.0 Å². The van der Waals surface area contributed by atoms with Crippen molar-refractivity contribution in [2.75, 3.05) is 18.4 Å². The van der Waals surface area contributed by atoms with Gasteiger partial charge in [-0.25, -0.2) is 4.79 Å². The Morgan fingerprint density at radius 2 is 1.66 bits per heavy atom. The Hall–Kier alpha value is -4.01. The molecule has 1 fully saturated rings. The minimum atomic E-state index is -3.73. The molecule has 2 aliphatic rings. The van der Waals surface area contributed by atoms with Crippen LogP contribution in [0.3, 0.4) is 0 Å². The molecule has 8 heteroatoms. The van der Waals surface area contributed by atoms with Gasteiger partial charge in [0.05, 0.1) is 24.2 Å². The summed E-state index contributed by atoms with van der Waals surface area (Å²) >= 11 is 0. The Morgan fingerprint density at radius 3 is 2.53 bits per heavy atom. The number of carbonyl (C=O) groups is 1. The van der Waals surface area contributed by atoms with Crippen molar-refractivity contribution in [3.8, 4) is 5.75 Å². The maximum atomic E-state index is 13.3. The van der Waals surface area contributed by atoms with E-state index >= 15 is 0 Å². The number of sulfonamides is 1. The number of hydrogen-bond donors (Lipinski definition) is 2. The van der Waals surface area contributed by atoms with E-state index in [1.54, 1.807) is 42.5 Å². The first kappa shape index (κ1) is 24.3. The third-order valence-corrected chi connectivity index (χ3v) is 8.50. The highest BCUT2D eigenvalue weighted by Gasteiger charge is 2.29. The Morgan fingerprint density at radius 1 is 0.895 bits per heavy atom. The summed E-state index contributed by atoms with van der Waals surface area (Å²) in [6, 6.07) is 25.6. The van der Waals surface area contributed by atoms with Crippen molar-refractivity contribution in [2.24, 2.45) is 4.40 Å². The average Bonchev–Trinajstić information content (AvgIpc) is 3.19. The van der Waals surface area contributed by atoms with Crippen molar-refractivity contribution in [1.82, 2.24) is 0 Å². The summed E-state index contributed by atoms with van der Waals surface area (Å²) in [6.07, 6.45) is 3.58. The van der Waals surface area contributed by atoms with Crippen LogP contribution in [0.25, 0.3) is 10.8 Å². The lowest BCUT2D eigenvalue weighted by atomic mass is 10.0. The van der Waals surface area contributed by atoms with Gasteiger partial charge in [-0.3, -0.25) is 0 Å². The molecule has 4 aromatic carbocycles. The fourth-order valence-electron chi connectivity index (χ4n) is 5.28. The van der Waals surface area contributed by atoms with Gasteiger partial charge in [0.15, 0.2) is 5.84 Å². The van der Waals surface area contributed by atoms with Crippen LogP contribution < -0.4 is 15.0 Å². The smallest absolute Gasteiger partial charge is 0.344 e. The third-order valence-electron chi connectivity index (χ3n) is 7.17. The first-order valence-electron chi connectivity index (χ1n) is 12.9. The van der Waals surface area contributed by atoms with E-state index in [4.69, 9.17) is 4.74 Å². The average molecular weight is 527 g/mol. The molecule has 38 heavy (non-hydrogen) atoms. The Kier molecular flexibility index (Phi) is 6.43. The first-order chi connectivity index (χ1) is 18.5. The molecule has 2 N–H and O–H groups in total. The lowest BCUT2D eigenvalue weighted by molar-refractivity contribution is -0.918. The standard InChI is InChI=1S/C30H27N3O4S/c34-30(25-13-8-10-21-9-2-3-11-24(21)25)37-27-16-15-23(19-22(27)20-33-17-6-1-7-18-33)31-29-26-12-4-5-14-28(26)38(35,36)32-29/h2-5,8-16,19H,1,6-7,17-18,20H2,(H,31,32)/p+1. The van der Waals surface area contributed by atoms with Gasteiger partial charge in [-0.05, 0) is 66.4 Å². The van der Waals surface area contributed by atoms with Crippen molar-refractivity contribution in [3.63, 3.8) is 0 Å². The number of rotatable bonds is 5. The van der Waals surface area contributed by atoms with Crippen molar-refractivity contribution in [1.29, 1.82) is 0 Å². The molecular formula is C30H28N3O4S+. The summed E-state index contributed by atoms with van der Waals surface area (Å²) < 4.78 is 34.9. The van der Waals surface area contributed by atoms with E-state index in [0.29, 0.717) is 29.1 Å². The number of esters is 1. The number of carbonyl (C=O) groups excluding carboxylic acids is 1. The van der Waals surface area contributed by atoms with Crippen LogP contribution in [0.2, 0.25) is 0 Å². The summed E-state index contributed by atoms with van der Waals surface area (Å²) in [6.45, 7) is 2.83. The maximum Gasteiger partial charge on any atom is 0.344 e. The molecule has 0 spiro atoms. The van der Waals surface area contributed by atoms with Crippen LogP contribution in [-0.4, -0.2) is 33.3 Å². The van der Waals surface area contributed by atoms with E-state index in [1.807, 2.05) is 42.5 Å². The monoisotopic (exact) mass is 526 g/mol. The Bertz CT molecular complexity index is 1670. The van der Waals surface area contributed by atoms with E-state index in [0.717, 1.165) is 29.4 Å². The first-order valence-corrected chi connectivity index (χ1v) is 14.3. The highest BCUT2D eigenvalue weighted by Crippen LogP contribution is 2.29. The largest absolute Gasteiger partial charge is 0.422 e. The van der Waals surface area contributed by atoms with Crippen LogP contribution in [0.15, 0.2) is 94.2 Å². The highest BCUT2D eigenvalue weighted by molar-refractivity contribution is 7.90. The number of likely N-dealkylation sites (tertiary alicyclic amines) is 1. The van der Waals surface area contributed by atoms with Gasteiger partial charge in [0, 0.05) is 11.3 Å². The molecule has 0 atom stereocenters. The molecule has 0 unspecified atom stereocenters. The second-order valence-electron chi connectivity index (χ2n) is 9.76. The molecule has 192 valence electrons. The van der Waals surface area contributed by atoms with Crippen molar-refractivity contribution >= 4 is 38.3 Å². The van der Waals surface area contributed by atoms with E-state index in [1.165, 1.54) is 24.2 Å². The normalized spacial score (nSPS) is 16.6. The number of fused-ring (bicyclic) bond motifs is 2. The summed E-state index contributed by atoms with van der Waals surface area (Å²) in [7, 11) is -3.73. The fraction of sp³-hybridized carbons (Fsp3) is 0.200. The minimum absolute atomic E-state index is 0.195. The number of nitrogens with one attached hydrogen (secondary N) is 2. The SMILES string of the molecule is O=C(Oc1ccc(NC2=NS(=O)(=O)c3ccccc32)cc1C[NH+]1CCCCC1)c1cccc2ccccc12. The van der Waals surface area contributed by atoms with Crippen molar-refractivity contribution in [3.05, 3.63) is 102 Å². The highest BCUT2D eigenvalue weighted by atomic mass is 32.2. The molecular weight excluding hydrogens is 498 g/mol. The van der Waals surface area contributed by atoms with Gasteiger partial charge in [-0.15, -0.1) is 4.40 Å². The number of nitrogens with zero attached hydrogens (tertiary/aromatic N) is 1. The number of hydrogen-bond acceptors (Lipinski definition) is 5. The van der Waals surface area contributed by atoms with Crippen LogP contribution in [0, 0.1) is 0 Å². The van der Waals surface area contributed by atoms with Gasteiger partial charge >= 0.3 is 5.97 Å². The second-order valence-corrected chi connectivity index (χ2v) is 11.3. The van der Waals surface area contributed by atoms with Crippen molar-refractivity contribution < 1.29 is 22.8 Å². The van der Waals surface area contributed by atoms with Gasteiger partial charge in [-0.1, -0.05) is 48.5 Å². The molecule has 6 rings (SSSR count). The summed E-state index contributed by atoms with van der Waals surface area (Å²) in [5.74, 6) is 0.392. The minimum Gasteiger partial charge on any atom is -0.422 e. The number of piperidine rings is 1. The van der Waals surface area contributed by atoms with Crippen LogP contribution in [0.5, 0.6) is 5.75 Å². The van der Waals surface area contributed by atoms with Crippen LogP contribution in [0.4, 0.5) is 5.69 Å². The molecule has 0 saturated carbocycles. The van der Waals surface area contributed by atoms with Gasteiger partial charge < -0.3 is 15.0 Å². The van der Waals surface area contributed by atoms with Crippen LogP contribution in [-0.2, 0) is 16.6 Å². The molecule has 2 aliphatic heterocycles. The van der Waals surface area contributed by atoms with Gasteiger partial charge in [0.2, 0.25) is 0 Å². The predicted molar refractivity (Wildman–Crippen MR) is 147 cm³/mol. The van der Waals surface area contributed by atoms with Crippen LogP contribution >= 0.6 is 0 Å². The zero-order chi connectivity index (χ0) is 26.1. The molecule has 0 aromatic heterocycles. The Balaban J connectivity index is 1.32. The van der Waals surface area contributed by atoms with E-state index in [9.17, 15) is 13.2 Å². The van der Waals surface area contributed by atoms with Crippen LogP contribution in [0.1, 0.15) is 40.7 Å². The van der Waals surface area contributed by atoms with E-state index < -0.39 is 16.0 Å². The molecule has 1 saturated heterocycles. The summed E-state index contributed by atoms with van der Waals surface area (Å²) in [5, 5.41) is 5.01. The Labute approximate surface area is 221 Å². The molecule has 2 heterocycles. The molecule has 4 aromatic rings. The quantitative estimate of drug-likeness (QED) is 0.301. The summed E-state index contributed by atoms with van der Waals surface area (Å²) in [4.78, 5) is 14.9. The molecule has 0 aliphatic carbocycles. The zero-order valence-electron chi connectivity index (χ0n) is 20.8. The number of benzene rings is 4. The second kappa shape index (κ2) is 10.0. The molecule has 0 bridgehead atoms. The van der Waals surface area contributed by atoms with Crippen molar-refractivity contribution in [2.45, 2.75) is 30.7 Å². The number of ether oxygens (including phenoxy) is 1. The zero-order valence-corrected chi connectivity index (χ0v) is 21.6. The third kappa shape index (κ3) is 4.80. The summed E-state index contributed by atoms with van der Waals surface area (Å²) in [5.41, 5.74) is 2.63. The molecule has 0 amide bonds. The van der Waals surface area contributed by atoms with E-state index in [2.05, 4.69) is 9.71 Å². The number of anilines is 1. The van der Waals surface area contributed by atoms with Gasteiger partial charge in [-0.2, -0.15) is 8.42 Å². The number of amidine groups is 1.